The number of rotatable bonds is 13. The second-order valence-corrected chi connectivity index (χ2v) is 13.0. The lowest BCUT2D eigenvalue weighted by atomic mass is 9.80. The smallest absolute Gasteiger partial charge is 0.339 e. The second-order valence-electron chi connectivity index (χ2n) is 13.0. The molecule has 0 aromatic heterocycles. The highest BCUT2D eigenvalue weighted by atomic mass is 16.8. The van der Waals surface area contributed by atoms with Gasteiger partial charge in [-0.05, 0) is 0 Å². The third-order valence-corrected chi connectivity index (χ3v) is 9.80. The number of fused-ring (bicyclic) bond motifs is 1. The third kappa shape index (κ3) is 8.43. The maximum Gasteiger partial charge on any atom is 0.339 e. The molecule has 8 N–H and O–H groups in total. The Bertz CT molecular complexity index is 1410. The minimum atomic E-state index is -1.84. The summed E-state index contributed by atoms with van der Waals surface area (Å²) in [7, 11) is 1.11. The summed E-state index contributed by atoms with van der Waals surface area (Å²) in [6, 6.07) is 0. The fourth-order valence-corrected chi connectivity index (χ4v) is 6.82. The van der Waals surface area contributed by atoms with E-state index in [9.17, 15) is 55.2 Å². The zero-order valence-electron chi connectivity index (χ0n) is 28.3. The molecule has 0 saturated carbocycles. The van der Waals surface area contributed by atoms with Gasteiger partial charge in [-0.3, -0.25) is 4.79 Å². The molecule has 0 amide bonds. The van der Waals surface area contributed by atoms with Crippen LogP contribution in [-0.2, 0) is 57.0 Å². The van der Waals surface area contributed by atoms with Crippen molar-refractivity contribution in [2.45, 2.75) is 93.1 Å². The number of esters is 2. The minimum Gasteiger partial charge on any atom is -0.481 e. The summed E-state index contributed by atoms with van der Waals surface area (Å²) in [6.07, 6.45) is -16.0. The molecule has 53 heavy (non-hydrogen) atoms. The highest BCUT2D eigenvalue weighted by molar-refractivity contribution is 5.90. The molecule has 0 aromatic rings. The summed E-state index contributed by atoms with van der Waals surface area (Å²) in [5.74, 6) is -6.40. The van der Waals surface area contributed by atoms with Crippen molar-refractivity contribution < 1.29 is 97.9 Å². The number of aliphatic hydroxyl groups is 7. The van der Waals surface area contributed by atoms with Crippen LogP contribution in [-0.4, -0.2) is 159 Å². The first-order valence-electron chi connectivity index (χ1n) is 16.6. The maximum absolute atomic E-state index is 13.0. The Morgan fingerprint density at radius 2 is 1.40 bits per heavy atom. The number of hydrogen-bond acceptors (Lipinski definition) is 19. The molecular weight excluding hydrogens is 716 g/mol. The fraction of sp³-hybridized carbons (Fsp3) is 0.667. The van der Waals surface area contributed by atoms with Crippen LogP contribution in [0.1, 0.15) is 12.8 Å². The number of carboxylic acid groups (broad SMARTS) is 1. The van der Waals surface area contributed by atoms with Gasteiger partial charge in [-0.2, -0.15) is 0 Å². The Kier molecular flexibility index (Phi) is 13.3. The first-order chi connectivity index (χ1) is 25.2. The van der Waals surface area contributed by atoms with Crippen molar-refractivity contribution in [2.75, 3.05) is 20.3 Å². The number of carbonyl (C=O) groups excluding carboxylic acids is 2. The van der Waals surface area contributed by atoms with Crippen LogP contribution in [0.4, 0.5) is 0 Å². The van der Waals surface area contributed by atoms with Gasteiger partial charge in [0.15, 0.2) is 12.6 Å². The Morgan fingerprint density at radius 1 is 0.830 bits per heavy atom. The summed E-state index contributed by atoms with van der Waals surface area (Å²) in [5.41, 5.74) is 0.000686. The molecule has 0 spiro atoms. The van der Waals surface area contributed by atoms with Gasteiger partial charge >= 0.3 is 17.9 Å². The second kappa shape index (κ2) is 17.3. The average molecular weight is 761 g/mol. The lowest BCUT2D eigenvalue weighted by Gasteiger charge is -2.44. The topological polar surface area (TPSA) is 296 Å². The Morgan fingerprint density at radius 3 is 1.96 bits per heavy atom. The van der Waals surface area contributed by atoms with Gasteiger partial charge in [-0.25, -0.2) is 9.59 Å². The predicted octanol–water partition coefficient (Wildman–Crippen LogP) is -3.12. The molecule has 3 saturated heterocycles. The highest BCUT2D eigenvalue weighted by Gasteiger charge is 2.51. The van der Waals surface area contributed by atoms with Gasteiger partial charge < -0.3 is 83.5 Å². The predicted molar refractivity (Wildman–Crippen MR) is 168 cm³/mol. The molecule has 5 aliphatic rings. The molecule has 296 valence electrons. The summed E-state index contributed by atoms with van der Waals surface area (Å²) >= 11 is 0. The van der Waals surface area contributed by atoms with Crippen LogP contribution in [0.15, 0.2) is 49.0 Å². The lowest BCUT2D eigenvalue weighted by Crippen LogP contribution is -2.60. The van der Waals surface area contributed by atoms with Crippen molar-refractivity contribution >= 4 is 17.9 Å². The molecule has 0 bridgehead atoms. The average Bonchev–Trinajstić information content (AvgIpc) is 3.14. The summed E-state index contributed by atoms with van der Waals surface area (Å²) in [5, 5.41) is 81.8. The van der Waals surface area contributed by atoms with E-state index in [4.69, 9.17) is 42.6 Å². The zero-order valence-corrected chi connectivity index (χ0v) is 28.3. The van der Waals surface area contributed by atoms with Crippen molar-refractivity contribution in [3.8, 4) is 0 Å². The summed E-state index contributed by atoms with van der Waals surface area (Å²) < 4.78 is 49.8. The molecular formula is C33H44O20. The van der Waals surface area contributed by atoms with Crippen molar-refractivity contribution in [2.24, 2.45) is 23.7 Å². The highest BCUT2D eigenvalue weighted by Crippen LogP contribution is 2.41. The van der Waals surface area contributed by atoms with E-state index in [2.05, 4.69) is 13.2 Å². The number of carbonyl (C=O) groups is 3. The largest absolute Gasteiger partial charge is 0.481 e. The monoisotopic (exact) mass is 760 g/mol. The first-order valence-corrected chi connectivity index (χ1v) is 16.6. The fourth-order valence-electron chi connectivity index (χ4n) is 6.82. The normalized spacial score (nSPS) is 42.7. The lowest BCUT2D eigenvalue weighted by molar-refractivity contribution is -0.345. The standard InChI is InChI=1S/C33H44O20/c1-4-12-14(6-20(35)36)16(28(43)45-3)9-47-30(12)53-33-27(42)25(40)23(38)19(50-33)11-46-21-7-15-13(5-2)31(48-10-17(15)29(44)51-21)52-32-26(41)24(39)22(37)18(8-34)49-32/h4-5,9-10,12-15,18-19,21-27,30-34,37-42H,1-2,6-8,11H2,3H3,(H,35,36)/t12-,13+,14+,15+,18-,19-,21-,22-,23-,24+,25+,26-,27-,30+,31+,32+,33+/m1/s1. The molecule has 17 atom stereocenters. The van der Waals surface area contributed by atoms with Crippen LogP contribution in [0.25, 0.3) is 0 Å². The van der Waals surface area contributed by atoms with Gasteiger partial charge in [0.2, 0.25) is 18.9 Å². The van der Waals surface area contributed by atoms with E-state index >= 15 is 0 Å². The van der Waals surface area contributed by atoms with E-state index in [1.807, 2.05) is 0 Å². The molecule has 0 aliphatic carbocycles. The van der Waals surface area contributed by atoms with Crippen LogP contribution in [0.5, 0.6) is 0 Å². The van der Waals surface area contributed by atoms with Gasteiger partial charge in [0.05, 0.1) is 50.4 Å². The SMILES string of the molecule is C=C[C@@H]1[C@H](O[C@@H]2O[C@H](CO)[C@@H](O)[C@H](O)[C@H]2O)OC=C2C(=O)O[C@@H](OC[C@H]3O[C@@H](O[C@@H]4OC=C(C(=O)OC)[C@@H](CC(=O)O)[C@H]4C=C)[C@H](O)[C@@H](O)[C@@H]3O)C[C@H]21. The quantitative estimate of drug-likeness (QED) is 0.0680. The van der Waals surface area contributed by atoms with E-state index in [-0.39, 0.29) is 17.6 Å². The van der Waals surface area contributed by atoms with Gasteiger partial charge in [0.1, 0.15) is 48.8 Å². The molecule has 20 nitrogen and oxygen atoms in total. The molecule has 5 heterocycles. The molecule has 20 heteroatoms. The molecule has 3 fully saturated rings. The van der Waals surface area contributed by atoms with E-state index in [1.165, 1.54) is 12.2 Å². The first kappa shape index (κ1) is 40.7. The van der Waals surface area contributed by atoms with Gasteiger partial charge in [-0.1, -0.05) is 12.2 Å². The third-order valence-electron chi connectivity index (χ3n) is 9.80. The van der Waals surface area contributed by atoms with Crippen LogP contribution >= 0.6 is 0 Å². The zero-order chi connectivity index (χ0) is 38.7. The van der Waals surface area contributed by atoms with E-state index in [0.717, 1.165) is 19.6 Å². The Balaban J connectivity index is 1.24. The van der Waals surface area contributed by atoms with E-state index < -0.39 is 141 Å². The minimum absolute atomic E-state index is 0.0170. The summed E-state index contributed by atoms with van der Waals surface area (Å²) in [6.45, 7) is 6.27. The van der Waals surface area contributed by atoms with Crippen LogP contribution in [0.2, 0.25) is 0 Å². The van der Waals surface area contributed by atoms with Crippen molar-refractivity contribution in [3.05, 3.63) is 49.0 Å². The molecule has 5 rings (SSSR count). The summed E-state index contributed by atoms with van der Waals surface area (Å²) in [4.78, 5) is 36.9. The Labute approximate surface area is 301 Å². The van der Waals surface area contributed by atoms with Crippen LogP contribution in [0.3, 0.4) is 0 Å². The molecule has 0 unspecified atom stereocenters. The van der Waals surface area contributed by atoms with Crippen LogP contribution in [0, 0.1) is 23.7 Å². The van der Waals surface area contributed by atoms with Crippen LogP contribution < -0.4 is 0 Å². The van der Waals surface area contributed by atoms with Crippen molar-refractivity contribution in [3.63, 3.8) is 0 Å². The number of methoxy groups -OCH3 is 1. The number of aliphatic hydroxyl groups excluding tert-OH is 7. The van der Waals surface area contributed by atoms with Crippen molar-refractivity contribution in [1.29, 1.82) is 0 Å². The van der Waals surface area contributed by atoms with Gasteiger partial charge in [0, 0.05) is 30.1 Å². The molecule has 5 aliphatic heterocycles. The molecule has 0 aromatic carbocycles. The number of cyclic esters (lactones) is 1. The van der Waals surface area contributed by atoms with E-state index in [0.29, 0.717) is 0 Å². The maximum atomic E-state index is 13.0. The number of carboxylic acids is 1. The number of ether oxygens (including phenoxy) is 9. The van der Waals surface area contributed by atoms with Gasteiger partial charge in [0.25, 0.3) is 0 Å². The van der Waals surface area contributed by atoms with Crippen molar-refractivity contribution in [1.82, 2.24) is 0 Å². The Hall–Kier alpha value is -3.51. The van der Waals surface area contributed by atoms with E-state index in [1.54, 1.807) is 0 Å². The van der Waals surface area contributed by atoms with Gasteiger partial charge in [-0.15, -0.1) is 13.2 Å². The molecule has 0 radical (unpaired) electrons. The number of hydrogen-bond donors (Lipinski definition) is 8. The number of aliphatic carboxylic acids is 1.